The van der Waals surface area contributed by atoms with Crippen LogP contribution >= 0.6 is 0 Å². The van der Waals surface area contributed by atoms with E-state index in [9.17, 15) is 18.0 Å². The van der Waals surface area contributed by atoms with Crippen molar-refractivity contribution < 1.29 is 18.0 Å². The molecule has 0 spiro atoms. The van der Waals surface area contributed by atoms with Crippen molar-refractivity contribution in [2.75, 3.05) is 0 Å². The lowest BCUT2D eigenvalue weighted by molar-refractivity contribution is -0.171. The van der Waals surface area contributed by atoms with Crippen molar-refractivity contribution in [3.8, 4) is 23.7 Å². The number of aryl methyl sites for hydroxylation is 1. The molecule has 0 bridgehead atoms. The molecule has 0 radical (unpaired) electrons. The van der Waals surface area contributed by atoms with Crippen molar-refractivity contribution in [1.29, 1.82) is 0 Å². The first-order chi connectivity index (χ1) is 12.5. The summed E-state index contributed by atoms with van der Waals surface area (Å²) in [6.45, 7) is 0. The lowest BCUT2D eigenvalue weighted by atomic mass is 9.94. The van der Waals surface area contributed by atoms with E-state index in [1.807, 2.05) is 30.3 Å². The van der Waals surface area contributed by atoms with Crippen LogP contribution in [0.25, 0.3) is 0 Å². The van der Waals surface area contributed by atoms with Gasteiger partial charge in [-0.1, -0.05) is 72.5 Å². The van der Waals surface area contributed by atoms with Crippen molar-refractivity contribution in [1.82, 2.24) is 0 Å². The maximum absolute atomic E-state index is 12.5. The Morgan fingerprint density at radius 2 is 1.54 bits per heavy atom. The van der Waals surface area contributed by atoms with Gasteiger partial charge in [-0.3, -0.25) is 4.79 Å². The van der Waals surface area contributed by atoms with Crippen molar-refractivity contribution >= 4 is 5.78 Å². The molecule has 0 unspecified atom stereocenters. The molecule has 2 aromatic rings. The molecule has 2 aromatic carbocycles. The maximum Gasteiger partial charge on any atom is 0.450 e. The van der Waals surface area contributed by atoms with Crippen molar-refractivity contribution in [2.24, 2.45) is 0 Å². The Kier molecular flexibility index (Phi) is 7.06. The van der Waals surface area contributed by atoms with Gasteiger partial charge < -0.3 is 0 Å². The minimum atomic E-state index is -4.85. The Morgan fingerprint density at radius 3 is 2.15 bits per heavy atom. The summed E-state index contributed by atoms with van der Waals surface area (Å²) in [6.07, 6.45) is -4.16. The van der Waals surface area contributed by atoms with Gasteiger partial charge in [0.2, 0.25) is 5.78 Å². The molecule has 0 saturated carbocycles. The molecule has 0 saturated heterocycles. The SMILES string of the molecule is O=C(C[C@@H](C#CC#CCCc1ccccc1)c1ccccc1)C(F)(F)F. The van der Waals surface area contributed by atoms with Crippen LogP contribution in [0.2, 0.25) is 0 Å². The average Bonchev–Trinajstić information content (AvgIpc) is 2.64. The molecule has 0 fully saturated rings. The molecule has 0 aliphatic carbocycles. The largest absolute Gasteiger partial charge is 0.450 e. The summed E-state index contributed by atoms with van der Waals surface area (Å²) in [5.74, 6) is 8.24. The number of hydrogen-bond acceptors (Lipinski definition) is 1. The van der Waals surface area contributed by atoms with Gasteiger partial charge >= 0.3 is 6.18 Å². The van der Waals surface area contributed by atoms with Crippen molar-refractivity contribution in [3.05, 3.63) is 71.8 Å². The molecular weight excluding hydrogens is 337 g/mol. The predicted octanol–water partition coefficient (Wildman–Crippen LogP) is 4.93. The van der Waals surface area contributed by atoms with E-state index in [-0.39, 0.29) is 0 Å². The topological polar surface area (TPSA) is 17.1 Å². The van der Waals surface area contributed by atoms with E-state index >= 15 is 0 Å². The molecular formula is C22H17F3O. The second kappa shape index (κ2) is 9.49. The molecule has 1 atom stereocenters. The summed E-state index contributed by atoms with van der Waals surface area (Å²) >= 11 is 0. The fourth-order valence-corrected chi connectivity index (χ4v) is 2.32. The van der Waals surface area contributed by atoms with Crippen molar-refractivity contribution in [3.63, 3.8) is 0 Å². The highest BCUT2D eigenvalue weighted by Gasteiger charge is 2.39. The number of Topliss-reactive ketones (excluding diaryl/α,β-unsaturated/α-hetero) is 1. The van der Waals surface area contributed by atoms with E-state index in [0.29, 0.717) is 12.0 Å². The fraction of sp³-hybridized carbons (Fsp3) is 0.227. The van der Waals surface area contributed by atoms with Crippen LogP contribution in [0.1, 0.15) is 29.9 Å². The van der Waals surface area contributed by atoms with Crippen LogP contribution in [-0.4, -0.2) is 12.0 Å². The first-order valence-electron chi connectivity index (χ1n) is 8.14. The number of carbonyl (C=O) groups is 1. The Bertz CT molecular complexity index is 831. The van der Waals surface area contributed by atoms with E-state index in [1.54, 1.807) is 30.3 Å². The minimum Gasteiger partial charge on any atom is -0.290 e. The van der Waals surface area contributed by atoms with Gasteiger partial charge in [0.1, 0.15) is 0 Å². The Morgan fingerprint density at radius 1 is 0.923 bits per heavy atom. The van der Waals surface area contributed by atoms with Gasteiger partial charge in [0.15, 0.2) is 0 Å². The second-order valence-electron chi connectivity index (χ2n) is 5.65. The first-order valence-corrected chi connectivity index (χ1v) is 8.14. The van der Waals surface area contributed by atoms with Gasteiger partial charge in [0.25, 0.3) is 0 Å². The van der Waals surface area contributed by atoms with Crippen LogP contribution in [0.4, 0.5) is 13.2 Å². The summed E-state index contributed by atoms with van der Waals surface area (Å²) in [4.78, 5) is 11.3. The maximum atomic E-state index is 12.5. The summed E-state index contributed by atoms with van der Waals surface area (Å²) in [5, 5.41) is 0. The van der Waals surface area contributed by atoms with Crippen LogP contribution in [0, 0.1) is 23.7 Å². The van der Waals surface area contributed by atoms with Crippen LogP contribution in [0.15, 0.2) is 60.7 Å². The highest BCUT2D eigenvalue weighted by molar-refractivity contribution is 5.85. The monoisotopic (exact) mass is 354 g/mol. The fourth-order valence-electron chi connectivity index (χ4n) is 2.32. The van der Waals surface area contributed by atoms with Crippen LogP contribution in [0.3, 0.4) is 0 Å². The molecule has 4 heteroatoms. The third kappa shape index (κ3) is 6.49. The first kappa shape index (κ1) is 19.3. The molecule has 0 aliphatic heterocycles. The molecule has 2 rings (SSSR count). The number of carbonyl (C=O) groups excluding carboxylic acids is 1. The molecule has 26 heavy (non-hydrogen) atoms. The van der Waals surface area contributed by atoms with E-state index in [4.69, 9.17) is 0 Å². The lowest BCUT2D eigenvalue weighted by Gasteiger charge is -2.11. The summed E-state index contributed by atoms with van der Waals surface area (Å²) < 4.78 is 37.6. The molecule has 132 valence electrons. The third-order valence-electron chi connectivity index (χ3n) is 3.69. The summed E-state index contributed by atoms with van der Waals surface area (Å²) in [5.41, 5.74) is 1.73. The highest BCUT2D eigenvalue weighted by atomic mass is 19.4. The average molecular weight is 354 g/mol. The normalized spacial score (nSPS) is 11.5. The second-order valence-corrected chi connectivity index (χ2v) is 5.65. The molecule has 0 heterocycles. The lowest BCUT2D eigenvalue weighted by Crippen LogP contribution is -2.24. The van der Waals surface area contributed by atoms with Gasteiger partial charge in [-0.2, -0.15) is 13.2 Å². The zero-order chi connectivity index (χ0) is 18.8. The smallest absolute Gasteiger partial charge is 0.290 e. The molecule has 0 aliphatic rings. The minimum absolute atomic E-state index is 0.573. The zero-order valence-electron chi connectivity index (χ0n) is 14.0. The van der Waals surface area contributed by atoms with E-state index in [1.165, 1.54) is 0 Å². The Balaban J connectivity index is 2.02. The van der Waals surface area contributed by atoms with E-state index < -0.39 is 24.3 Å². The van der Waals surface area contributed by atoms with Crippen LogP contribution < -0.4 is 0 Å². The number of halogens is 3. The number of benzene rings is 2. The molecule has 0 N–H and O–H groups in total. The number of alkyl halides is 3. The van der Waals surface area contributed by atoms with Crippen LogP contribution in [0.5, 0.6) is 0 Å². The highest BCUT2D eigenvalue weighted by Crippen LogP contribution is 2.25. The quantitative estimate of drug-likeness (QED) is 0.696. The molecule has 1 nitrogen and oxygen atoms in total. The van der Waals surface area contributed by atoms with Gasteiger partial charge in [-0.25, -0.2) is 0 Å². The Hall–Kier alpha value is -2.98. The number of rotatable bonds is 5. The Labute approximate surface area is 151 Å². The molecule has 0 amide bonds. The third-order valence-corrected chi connectivity index (χ3v) is 3.69. The summed E-state index contributed by atoms with van der Waals surface area (Å²) in [7, 11) is 0. The molecule has 0 aromatic heterocycles. The number of hydrogen-bond donors (Lipinski definition) is 0. The van der Waals surface area contributed by atoms with Gasteiger partial charge in [-0.15, -0.1) is 0 Å². The van der Waals surface area contributed by atoms with Crippen LogP contribution in [-0.2, 0) is 11.2 Å². The van der Waals surface area contributed by atoms with Gasteiger partial charge in [0, 0.05) is 12.8 Å². The summed E-state index contributed by atoms with van der Waals surface area (Å²) in [6, 6.07) is 18.3. The predicted molar refractivity (Wildman–Crippen MR) is 95.2 cm³/mol. The van der Waals surface area contributed by atoms with Gasteiger partial charge in [-0.05, 0) is 29.4 Å². The van der Waals surface area contributed by atoms with Crippen molar-refractivity contribution in [2.45, 2.75) is 31.4 Å². The number of ketones is 1. The van der Waals surface area contributed by atoms with Gasteiger partial charge in [0.05, 0.1) is 5.92 Å². The van der Waals surface area contributed by atoms with E-state index in [2.05, 4.69) is 23.7 Å². The van der Waals surface area contributed by atoms with E-state index in [0.717, 1.165) is 12.0 Å². The standard InChI is InChI=1S/C22H17F3O/c23-22(24,25)21(26)17-20(19-14-9-4-10-15-19)16-8-2-1-5-11-18-12-6-3-7-13-18/h3-4,6-7,9-10,12-15,20H,5,11,17H2/t20-/m1/s1. The zero-order valence-corrected chi connectivity index (χ0v) is 14.0.